The molecule has 8 heteroatoms. The predicted molar refractivity (Wildman–Crippen MR) is 114 cm³/mol. The number of rotatable bonds is 4. The molecular weight excluding hydrogens is 421 g/mol. The summed E-state index contributed by atoms with van der Waals surface area (Å²) in [5, 5.41) is -0.958. The summed E-state index contributed by atoms with van der Waals surface area (Å²) in [6.07, 6.45) is 0.905. The molecule has 1 fully saturated rings. The molecule has 2 heterocycles. The monoisotopic (exact) mass is 447 g/mol. The van der Waals surface area contributed by atoms with Crippen LogP contribution in [-0.4, -0.2) is 50.3 Å². The van der Waals surface area contributed by atoms with Crippen molar-refractivity contribution in [2.75, 3.05) is 25.4 Å². The SMILES string of the molecule is CC1(C)Cc2cccc(OCC(=O)N3CCC(c4ccccc4F)S(=O)(=O)CC3)c2O1. The zero-order valence-electron chi connectivity index (χ0n) is 17.6. The van der Waals surface area contributed by atoms with Gasteiger partial charge in [-0.3, -0.25) is 4.79 Å². The van der Waals surface area contributed by atoms with E-state index in [-0.39, 0.29) is 48.9 Å². The summed E-state index contributed by atoms with van der Waals surface area (Å²) in [4.78, 5) is 14.2. The molecule has 1 unspecified atom stereocenters. The molecule has 166 valence electrons. The maximum absolute atomic E-state index is 14.2. The van der Waals surface area contributed by atoms with Gasteiger partial charge in [-0.05, 0) is 32.4 Å². The van der Waals surface area contributed by atoms with Crippen LogP contribution in [0, 0.1) is 5.82 Å². The second-order valence-corrected chi connectivity index (χ2v) is 10.9. The van der Waals surface area contributed by atoms with Crippen molar-refractivity contribution in [3.8, 4) is 11.5 Å². The molecule has 4 rings (SSSR count). The van der Waals surface area contributed by atoms with Crippen molar-refractivity contribution in [2.45, 2.75) is 37.5 Å². The highest BCUT2D eigenvalue weighted by Crippen LogP contribution is 2.41. The van der Waals surface area contributed by atoms with Crippen LogP contribution >= 0.6 is 0 Å². The third-order valence-corrected chi connectivity index (χ3v) is 7.86. The van der Waals surface area contributed by atoms with Gasteiger partial charge < -0.3 is 14.4 Å². The lowest BCUT2D eigenvalue weighted by Gasteiger charge is -2.21. The maximum Gasteiger partial charge on any atom is 0.260 e. The molecule has 6 nitrogen and oxygen atoms in total. The van der Waals surface area contributed by atoms with Crippen molar-refractivity contribution in [3.63, 3.8) is 0 Å². The number of nitrogens with zero attached hydrogens (tertiary/aromatic N) is 1. The van der Waals surface area contributed by atoms with E-state index in [0.29, 0.717) is 11.5 Å². The number of carbonyl (C=O) groups excluding carboxylic acids is 1. The molecule has 2 aromatic rings. The van der Waals surface area contributed by atoms with E-state index in [9.17, 15) is 17.6 Å². The molecular formula is C23H26FNO5S. The summed E-state index contributed by atoms with van der Waals surface area (Å²) in [6.45, 7) is 4.05. The van der Waals surface area contributed by atoms with Crippen molar-refractivity contribution < 1.29 is 27.1 Å². The molecule has 1 amide bonds. The Bertz CT molecular complexity index is 1100. The standard InChI is InChI=1S/C23H26FNO5S/c1-23(2)14-16-6-5-9-19(22(16)30-23)29-15-21(26)25-11-10-20(31(27,28)13-12-25)17-7-3-4-8-18(17)24/h3-9,20H,10-15H2,1-2H3. The fourth-order valence-electron chi connectivity index (χ4n) is 4.21. The number of carbonyl (C=O) groups is 1. The highest BCUT2D eigenvalue weighted by Gasteiger charge is 2.35. The van der Waals surface area contributed by atoms with Gasteiger partial charge in [0.2, 0.25) is 0 Å². The van der Waals surface area contributed by atoms with Crippen molar-refractivity contribution in [1.82, 2.24) is 4.90 Å². The number of fused-ring (bicyclic) bond motifs is 1. The Morgan fingerprint density at radius 3 is 2.74 bits per heavy atom. The Balaban J connectivity index is 1.43. The second kappa shape index (κ2) is 8.15. The van der Waals surface area contributed by atoms with E-state index in [4.69, 9.17) is 9.47 Å². The van der Waals surface area contributed by atoms with Crippen LogP contribution in [0.15, 0.2) is 42.5 Å². The highest BCUT2D eigenvalue weighted by molar-refractivity contribution is 7.91. The summed E-state index contributed by atoms with van der Waals surface area (Å²) in [6, 6.07) is 11.5. The third kappa shape index (κ3) is 4.54. The van der Waals surface area contributed by atoms with Gasteiger partial charge in [0.05, 0.1) is 11.0 Å². The third-order valence-electron chi connectivity index (χ3n) is 5.75. The van der Waals surface area contributed by atoms with E-state index < -0.39 is 20.9 Å². The first-order valence-corrected chi connectivity index (χ1v) is 12.1. The Morgan fingerprint density at radius 2 is 1.97 bits per heavy atom. The van der Waals surface area contributed by atoms with Crippen molar-refractivity contribution in [2.24, 2.45) is 0 Å². The van der Waals surface area contributed by atoms with E-state index in [1.54, 1.807) is 12.1 Å². The number of ether oxygens (including phenoxy) is 2. The van der Waals surface area contributed by atoms with Crippen LogP contribution in [0.1, 0.15) is 36.6 Å². The number of hydrogen-bond acceptors (Lipinski definition) is 5. The lowest BCUT2D eigenvalue weighted by molar-refractivity contribution is -0.133. The van der Waals surface area contributed by atoms with E-state index in [1.165, 1.54) is 23.1 Å². The zero-order valence-corrected chi connectivity index (χ0v) is 18.5. The summed E-state index contributed by atoms with van der Waals surface area (Å²) < 4.78 is 51.4. The van der Waals surface area contributed by atoms with Gasteiger partial charge in [-0.15, -0.1) is 0 Å². The molecule has 0 bridgehead atoms. The molecule has 0 N–H and O–H groups in total. The van der Waals surface area contributed by atoms with Crippen LogP contribution in [0.5, 0.6) is 11.5 Å². The van der Waals surface area contributed by atoms with Gasteiger partial charge in [0, 0.05) is 30.6 Å². The number of para-hydroxylation sites is 1. The van der Waals surface area contributed by atoms with E-state index in [2.05, 4.69) is 0 Å². The number of benzene rings is 2. The quantitative estimate of drug-likeness (QED) is 0.719. The van der Waals surface area contributed by atoms with Gasteiger partial charge in [0.25, 0.3) is 5.91 Å². The number of halogens is 1. The highest BCUT2D eigenvalue weighted by atomic mass is 32.2. The lowest BCUT2D eigenvalue weighted by atomic mass is 10.0. The average Bonchev–Trinajstić information content (AvgIpc) is 2.94. The number of sulfone groups is 1. The first-order chi connectivity index (χ1) is 14.7. The maximum atomic E-state index is 14.2. The molecule has 1 atom stereocenters. The molecule has 0 saturated carbocycles. The van der Waals surface area contributed by atoms with Crippen molar-refractivity contribution in [3.05, 3.63) is 59.4 Å². The minimum Gasteiger partial charge on any atom is -0.483 e. The average molecular weight is 448 g/mol. The molecule has 2 aliphatic rings. The van der Waals surface area contributed by atoms with Gasteiger partial charge in [-0.25, -0.2) is 12.8 Å². The van der Waals surface area contributed by atoms with Crippen LogP contribution < -0.4 is 9.47 Å². The first kappa shape index (κ1) is 21.6. The van der Waals surface area contributed by atoms with Gasteiger partial charge in [-0.2, -0.15) is 0 Å². The molecule has 2 aromatic carbocycles. The van der Waals surface area contributed by atoms with Gasteiger partial charge in [-0.1, -0.05) is 30.3 Å². The molecule has 1 saturated heterocycles. The minimum absolute atomic E-state index is 0.0614. The summed E-state index contributed by atoms with van der Waals surface area (Å²) in [5.41, 5.74) is 0.864. The minimum atomic E-state index is -3.58. The zero-order chi connectivity index (χ0) is 22.2. The Kier molecular flexibility index (Phi) is 5.68. The summed E-state index contributed by atoms with van der Waals surface area (Å²) in [7, 11) is -3.58. The molecule has 31 heavy (non-hydrogen) atoms. The lowest BCUT2D eigenvalue weighted by Crippen LogP contribution is -2.37. The first-order valence-electron chi connectivity index (χ1n) is 10.3. The molecule has 0 spiro atoms. The largest absolute Gasteiger partial charge is 0.483 e. The Morgan fingerprint density at radius 1 is 1.19 bits per heavy atom. The predicted octanol–water partition coefficient (Wildman–Crippen LogP) is 3.31. The molecule has 2 aliphatic heterocycles. The van der Waals surface area contributed by atoms with Crippen LogP contribution in [0.2, 0.25) is 0 Å². The van der Waals surface area contributed by atoms with Crippen molar-refractivity contribution >= 4 is 15.7 Å². The molecule has 0 radical (unpaired) electrons. The summed E-state index contributed by atoms with van der Waals surface area (Å²) in [5.74, 6) is 0.0937. The van der Waals surface area contributed by atoms with Crippen LogP contribution in [-0.2, 0) is 21.1 Å². The molecule has 0 aromatic heterocycles. The summed E-state index contributed by atoms with van der Waals surface area (Å²) >= 11 is 0. The van der Waals surface area contributed by atoms with Gasteiger partial charge >= 0.3 is 0 Å². The van der Waals surface area contributed by atoms with Crippen LogP contribution in [0.4, 0.5) is 4.39 Å². The normalized spacial score (nSPS) is 21.6. The van der Waals surface area contributed by atoms with Crippen LogP contribution in [0.3, 0.4) is 0 Å². The van der Waals surface area contributed by atoms with Gasteiger partial charge in [0.15, 0.2) is 27.9 Å². The van der Waals surface area contributed by atoms with Gasteiger partial charge in [0.1, 0.15) is 11.4 Å². The number of hydrogen-bond donors (Lipinski definition) is 0. The topological polar surface area (TPSA) is 72.9 Å². The van der Waals surface area contributed by atoms with Crippen LogP contribution in [0.25, 0.3) is 0 Å². The Labute approximate surface area is 181 Å². The van der Waals surface area contributed by atoms with Crippen molar-refractivity contribution in [1.29, 1.82) is 0 Å². The smallest absolute Gasteiger partial charge is 0.260 e. The fourth-order valence-corrected chi connectivity index (χ4v) is 6.01. The van der Waals surface area contributed by atoms with E-state index in [1.807, 2.05) is 26.0 Å². The molecule has 0 aliphatic carbocycles. The Hall–Kier alpha value is -2.61. The second-order valence-electron chi connectivity index (χ2n) is 8.62. The van der Waals surface area contributed by atoms with E-state index >= 15 is 0 Å². The van der Waals surface area contributed by atoms with E-state index in [0.717, 1.165) is 12.0 Å². The fraction of sp³-hybridized carbons (Fsp3) is 0.435. The number of amides is 1.